The summed E-state index contributed by atoms with van der Waals surface area (Å²) in [6, 6.07) is -0.864. The number of phosphoric ester groups is 1. The minimum absolute atomic E-state index is 0.0556. The quantitative estimate of drug-likeness (QED) is 0.0244. The van der Waals surface area contributed by atoms with E-state index in [0.29, 0.717) is 17.4 Å². The third-order valence-corrected chi connectivity index (χ3v) is 12.1. The van der Waals surface area contributed by atoms with Crippen LogP contribution < -0.4 is 5.32 Å². The van der Waals surface area contributed by atoms with Crippen LogP contribution >= 0.6 is 7.82 Å². The number of amides is 1. The lowest BCUT2D eigenvalue weighted by Gasteiger charge is -2.25. The molecule has 0 saturated heterocycles. The molecule has 0 spiro atoms. The van der Waals surface area contributed by atoms with E-state index in [4.69, 9.17) is 9.05 Å². The maximum atomic E-state index is 12.9. The highest BCUT2D eigenvalue weighted by molar-refractivity contribution is 7.47. The lowest BCUT2D eigenvalue weighted by molar-refractivity contribution is -0.870. The number of carbonyl (C=O) groups is 1. The summed E-state index contributed by atoms with van der Waals surface area (Å²) in [5, 5.41) is 13.8. The number of phosphoric acid groups is 1. The molecule has 59 heavy (non-hydrogen) atoms. The van der Waals surface area contributed by atoms with Gasteiger partial charge in [-0.1, -0.05) is 198 Å². The van der Waals surface area contributed by atoms with E-state index in [-0.39, 0.29) is 19.1 Å². The van der Waals surface area contributed by atoms with Crippen molar-refractivity contribution in [2.24, 2.45) is 0 Å². The zero-order valence-electron chi connectivity index (χ0n) is 39.5. The van der Waals surface area contributed by atoms with Crippen molar-refractivity contribution in [2.45, 2.75) is 238 Å². The zero-order chi connectivity index (χ0) is 43.6. The highest BCUT2D eigenvalue weighted by atomic mass is 31.2. The van der Waals surface area contributed by atoms with E-state index in [1.807, 2.05) is 27.2 Å². The number of unbranched alkanes of at least 4 members (excludes halogenated alkanes) is 28. The Morgan fingerprint density at radius 1 is 0.559 bits per heavy atom. The molecule has 0 aliphatic carbocycles. The molecule has 0 aliphatic heterocycles. The number of hydrogen-bond acceptors (Lipinski definition) is 5. The minimum Gasteiger partial charge on any atom is -0.387 e. The molecule has 0 radical (unpaired) electrons. The summed E-state index contributed by atoms with van der Waals surface area (Å²) in [4.78, 5) is 23.2. The maximum Gasteiger partial charge on any atom is 0.472 e. The van der Waals surface area contributed by atoms with E-state index in [0.717, 1.165) is 38.5 Å². The van der Waals surface area contributed by atoms with Crippen LogP contribution in [0.25, 0.3) is 0 Å². The summed E-state index contributed by atoms with van der Waals surface area (Å²) in [5.74, 6) is -0.190. The topological polar surface area (TPSA) is 105 Å². The van der Waals surface area contributed by atoms with Crippen molar-refractivity contribution < 1.29 is 32.9 Å². The van der Waals surface area contributed by atoms with Crippen LogP contribution in [-0.4, -0.2) is 73.4 Å². The Kier molecular flexibility index (Phi) is 41.1. The van der Waals surface area contributed by atoms with Gasteiger partial charge in [0.25, 0.3) is 0 Å². The highest BCUT2D eigenvalue weighted by Gasteiger charge is 2.27. The van der Waals surface area contributed by atoms with Gasteiger partial charge in [0, 0.05) is 6.42 Å². The van der Waals surface area contributed by atoms with Crippen molar-refractivity contribution in [3.8, 4) is 0 Å². The number of aliphatic hydroxyl groups is 1. The third kappa shape index (κ3) is 44.6. The van der Waals surface area contributed by atoms with Crippen molar-refractivity contribution in [2.75, 3.05) is 40.9 Å². The molecule has 348 valence electrons. The summed E-state index contributed by atoms with van der Waals surface area (Å²) in [5.41, 5.74) is 0. The first kappa shape index (κ1) is 57.7. The lowest BCUT2D eigenvalue weighted by Crippen LogP contribution is -2.45. The first-order valence-corrected chi connectivity index (χ1v) is 26.4. The molecule has 3 N–H and O–H groups in total. The molecule has 8 nitrogen and oxygen atoms in total. The zero-order valence-corrected chi connectivity index (χ0v) is 40.4. The van der Waals surface area contributed by atoms with Crippen molar-refractivity contribution in [1.82, 2.24) is 5.32 Å². The molecule has 0 aromatic rings. The van der Waals surface area contributed by atoms with Crippen molar-refractivity contribution in [3.05, 3.63) is 36.5 Å². The Hall–Kier alpha value is -1.28. The minimum atomic E-state index is -4.35. The average Bonchev–Trinajstić information content (AvgIpc) is 3.19. The molecule has 0 rings (SSSR count). The molecular weight excluding hydrogens is 756 g/mol. The van der Waals surface area contributed by atoms with Gasteiger partial charge in [0.2, 0.25) is 5.91 Å². The van der Waals surface area contributed by atoms with Gasteiger partial charge >= 0.3 is 7.82 Å². The van der Waals surface area contributed by atoms with Gasteiger partial charge in [0.05, 0.1) is 39.9 Å². The second-order valence-electron chi connectivity index (χ2n) is 18.2. The molecule has 3 unspecified atom stereocenters. The largest absolute Gasteiger partial charge is 0.472 e. The van der Waals surface area contributed by atoms with Crippen LogP contribution in [0.2, 0.25) is 0 Å². The number of allylic oxidation sites excluding steroid dienone is 5. The molecule has 1 amide bonds. The van der Waals surface area contributed by atoms with Gasteiger partial charge in [-0.25, -0.2) is 4.57 Å². The number of rotatable bonds is 45. The summed E-state index contributed by atoms with van der Waals surface area (Å²) in [7, 11) is 1.55. The summed E-state index contributed by atoms with van der Waals surface area (Å²) >= 11 is 0. The summed E-state index contributed by atoms with van der Waals surface area (Å²) in [6.45, 7) is 4.80. The first-order chi connectivity index (χ1) is 28.5. The van der Waals surface area contributed by atoms with E-state index >= 15 is 0 Å². The van der Waals surface area contributed by atoms with Crippen LogP contribution in [-0.2, 0) is 18.4 Å². The number of quaternary nitrogens is 1. The second-order valence-corrected chi connectivity index (χ2v) is 19.6. The Labute approximate surface area is 366 Å². The molecular formula is C50H98N2O6P+. The Morgan fingerprint density at radius 3 is 1.36 bits per heavy atom. The normalized spacial score (nSPS) is 14.5. The molecule has 9 heteroatoms. The van der Waals surface area contributed by atoms with Gasteiger partial charge in [-0.3, -0.25) is 13.8 Å². The Morgan fingerprint density at radius 2 is 0.932 bits per heavy atom. The highest BCUT2D eigenvalue weighted by Crippen LogP contribution is 2.43. The SMILES string of the molecule is CCCCCCCCCCC/C=C\CCCCCCCCCC(=O)NC(COP(=O)(O)OCC[N+](C)(C)C)C(O)/C=C/CC/C=C/CCCCCCCCCCCCC. The molecule has 0 aliphatic rings. The van der Waals surface area contributed by atoms with E-state index in [2.05, 4.69) is 43.5 Å². The van der Waals surface area contributed by atoms with Crippen LogP contribution in [0.5, 0.6) is 0 Å². The van der Waals surface area contributed by atoms with Crippen LogP contribution in [0.4, 0.5) is 0 Å². The molecule has 0 heterocycles. The number of likely N-dealkylation sites (N-methyl/N-ethyl adjacent to an activating group) is 1. The van der Waals surface area contributed by atoms with Gasteiger partial charge in [0.15, 0.2) is 0 Å². The smallest absolute Gasteiger partial charge is 0.387 e. The van der Waals surface area contributed by atoms with Crippen LogP contribution in [0.15, 0.2) is 36.5 Å². The number of nitrogens with zero attached hydrogens (tertiary/aromatic N) is 1. The van der Waals surface area contributed by atoms with Gasteiger partial charge in [0.1, 0.15) is 13.2 Å². The molecule has 0 saturated carbocycles. The molecule has 0 fully saturated rings. The Bertz CT molecular complexity index is 1060. The fraction of sp³-hybridized carbons (Fsp3) is 0.860. The number of aliphatic hydroxyl groups excluding tert-OH is 1. The van der Waals surface area contributed by atoms with Crippen molar-refractivity contribution in [1.29, 1.82) is 0 Å². The van der Waals surface area contributed by atoms with Crippen molar-refractivity contribution in [3.63, 3.8) is 0 Å². The number of nitrogens with one attached hydrogen (secondary N) is 1. The fourth-order valence-electron chi connectivity index (χ4n) is 7.11. The number of carbonyl (C=O) groups excluding carboxylic acids is 1. The van der Waals surface area contributed by atoms with E-state index in [1.54, 1.807) is 6.08 Å². The van der Waals surface area contributed by atoms with Crippen LogP contribution in [0.3, 0.4) is 0 Å². The van der Waals surface area contributed by atoms with Crippen molar-refractivity contribution >= 4 is 13.7 Å². The van der Waals surface area contributed by atoms with Gasteiger partial charge in [-0.05, 0) is 57.8 Å². The second kappa shape index (κ2) is 42.0. The lowest BCUT2D eigenvalue weighted by atomic mass is 10.1. The predicted molar refractivity (Wildman–Crippen MR) is 254 cm³/mol. The molecule has 3 atom stereocenters. The van der Waals surface area contributed by atoms with E-state index in [1.165, 1.54) is 167 Å². The van der Waals surface area contributed by atoms with Crippen LogP contribution in [0, 0.1) is 0 Å². The Balaban J connectivity index is 4.38. The molecule has 0 aromatic carbocycles. The average molecular weight is 854 g/mol. The van der Waals surface area contributed by atoms with E-state index < -0.39 is 20.0 Å². The number of hydrogen-bond donors (Lipinski definition) is 3. The van der Waals surface area contributed by atoms with Gasteiger partial charge in [-0.15, -0.1) is 0 Å². The van der Waals surface area contributed by atoms with Gasteiger partial charge in [-0.2, -0.15) is 0 Å². The fourth-order valence-corrected chi connectivity index (χ4v) is 7.85. The maximum absolute atomic E-state index is 12.9. The monoisotopic (exact) mass is 854 g/mol. The van der Waals surface area contributed by atoms with Crippen LogP contribution in [0.1, 0.15) is 226 Å². The molecule has 0 bridgehead atoms. The third-order valence-electron chi connectivity index (χ3n) is 11.1. The first-order valence-electron chi connectivity index (χ1n) is 24.9. The summed E-state index contributed by atoms with van der Waals surface area (Å²) < 4.78 is 23.6. The van der Waals surface area contributed by atoms with E-state index in [9.17, 15) is 19.4 Å². The standard InChI is InChI=1S/C50H97N2O6P/c1-6-8-10-12-14-16-18-20-22-24-25-26-28-30-32-34-36-38-40-42-44-50(54)51-48(47-58-59(55,56)57-46-45-52(3,4)5)49(53)43-41-39-37-35-33-31-29-27-23-21-19-17-15-13-11-9-7-2/h25-26,33,35,41,43,48-49,53H,6-24,27-32,34,36-40,42,44-47H2,1-5H3,(H-,51,54,55,56)/p+1/b26-25-,35-33+,43-41+. The summed E-state index contributed by atoms with van der Waals surface area (Å²) in [6.07, 6.45) is 52.2. The van der Waals surface area contributed by atoms with Gasteiger partial charge < -0.3 is 19.8 Å². The predicted octanol–water partition coefficient (Wildman–Crippen LogP) is 14.3. The molecule has 0 aromatic heterocycles.